The average Bonchev–Trinajstić information content (AvgIpc) is 2.11. The number of nitrogens with zero attached hydrogens (tertiary/aromatic N) is 1. The van der Waals surface area contributed by atoms with Crippen LogP contribution in [-0.4, -0.2) is 11.0 Å². The van der Waals surface area contributed by atoms with Crippen molar-refractivity contribution in [3.63, 3.8) is 0 Å². The molecular formula is C8H7ClFNO3. The van der Waals surface area contributed by atoms with Gasteiger partial charge in [0.2, 0.25) is 5.75 Å². The summed E-state index contributed by atoms with van der Waals surface area (Å²) >= 11 is 5.24. The number of aryl methyl sites for hydroxylation is 1. The fourth-order valence-corrected chi connectivity index (χ4v) is 1.08. The summed E-state index contributed by atoms with van der Waals surface area (Å²) in [5, 5.41) is 10.5. The molecule has 76 valence electrons. The average molecular weight is 220 g/mol. The SMILES string of the molecule is Cc1cc([N+](=O)[O-])c(OCCl)cc1F. The summed E-state index contributed by atoms with van der Waals surface area (Å²) in [6.07, 6.45) is 0. The van der Waals surface area contributed by atoms with Crippen molar-refractivity contribution >= 4 is 17.3 Å². The highest BCUT2D eigenvalue weighted by molar-refractivity contribution is 6.17. The fourth-order valence-electron chi connectivity index (χ4n) is 0.965. The lowest BCUT2D eigenvalue weighted by Crippen LogP contribution is -1.98. The standard InChI is InChI=1S/C8H7ClFNO3/c1-5-2-7(11(12)13)8(14-4-9)3-6(5)10/h2-3H,4H2,1H3. The molecular weight excluding hydrogens is 213 g/mol. The van der Waals surface area contributed by atoms with Gasteiger partial charge in [-0.05, 0) is 12.5 Å². The van der Waals surface area contributed by atoms with Crippen molar-refractivity contribution in [3.05, 3.63) is 33.6 Å². The number of rotatable bonds is 3. The van der Waals surface area contributed by atoms with Gasteiger partial charge in [-0.2, -0.15) is 0 Å². The van der Waals surface area contributed by atoms with Gasteiger partial charge in [0.05, 0.1) is 4.92 Å². The lowest BCUT2D eigenvalue weighted by atomic mass is 10.2. The first-order valence-electron chi connectivity index (χ1n) is 3.69. The number of hydrogen-bond acceptors (Lipinski definition) is 3. The van der Waals surface area contributed by atoms with E-state index < -0.39 is 10.7 Å². The minimum atomic E-state index is -0.645. The van der Waals surface area contributed by atoms with Crippen LogP contribution in [0.25, 0.3) is 0 Å². The maximum absolute atomic E-state index is 13.0. The molecule has 0 bridgehead atoms. The van der Waals surface area contributed by atoms with E-state index in [1.54, 1.807) is 0 Å². The van der Waals surface area contributed by atoms with E-state index in [1.807, 2.05) is 0 Å². The van der Waals surface area contributed by atoms with E-state index >= 15 is 0 Å². The van der Waals surface area contributed by atoms with Gasteiger partial charge in [-0.1, -0.05) is 11.6 Å². The Labute approximate surface area is 84.4 Å². The molecule has 0 N–H and O–H groups in total. The molecule has 0 radical (unpaired) electrons. The van der Waals surface area contributed by atoms with Gasteiger partial charge in [0, 0.05) is 12.1 Å². The van der Waals surface area contributed by atoms with Crippen LogP contribution in [0.1, 0.15) is 5.56 Å². The maximum atomic E-state index is 13.0. The summed E-state index contributed by atoms with van der Waals surface area (Å²) in [7, 11) is 0. The van der Waals surface area contributed by atoms with Crippen LogP contribution in [0.2, 0.25) is 0 Å². The molecule has 0 spiro atoms. The van der Waals surface area contributed by atoms with E-state index in [0.29, 0.717) is 0 Å². The second-order valence-electron chi connectivity index (χ2n) is 2.58. The van der Waals surface area contributed by atoms with Gasteiger partial charge in [0.25, 0.3) is 0 Å². The molecule has 0 aliphatic rings. The van der Waals surface area contributed by atoms with Crippen LogP contribution >= 0.6 is 11.6 Å². The highest BCUT2D eigenvalue weighted by Gasteiger charge is 2.17. The van der Waals surface area contributed by atoms with Crippen LogP contribution in [-0.2, 0) is 0 Å². The molecule has 0 aliphatic carbocycles. The Hall–Kier alpha value is -1.36. The van der Waals surface area contributed by atoms with Gasteiger partial charge in [0.15, 0.2) is 6.07 Å². The van der Waals surface area contributed by atoms with Crippen molar-refractivity contribution in [2.45, 2.75) is 6.92 Å². The Morgan fingerprint density at radius 2 is 2.29 bits per heavy atom. The molecule has 1 rings (SSSR count). The highest BCUT2D eigenvalue weighted by Crippen LogP contribution is 2.29. The first kappa shape index (κ1) is 10.7. The molecule has 0 unspecified atom stereocenters. The van der Waals surface area contributed by atoms with Gasteiger partial charge in [-0.15, -0.1) is 0 Å². The molecule has 0 saturated heterocycles. The summed E-state index contributed by atoms with van der Waals surface area (Å²) in [5.41, 5.74) is -0.0943. The lowest BCUT2D eigenvalue weighted by molar-refractivity contribution is -0.385. The van der Waals surface area contributed by atoms with Crippen LogP contribution in [0.3, 0.4) is 0 Å². The minimum Gasteiger partial charge on any atom is -0.471 e. The summed E-state index contributed by atoms with van der Waals surface area (Å²) < 4.78 is 17.7. The van der Waals surface area contributed by atoms with Crippen LogP contribution in [0.5, 0.6) is 5.75 Å². The number of alkyl halides is 1. The normalized spacial score (nSPS) is 9.93. The third kappa shape index (κ3) is 2.11. The third-order valence-corrected chi connectivity index (χ3v) is 1.76. The Balaban J connectivity index is 3.24. The zero-order valence-electron chi connectivity index (χ0n) is 7.29. The maximum Gasteiger partial charge on any atom is 0.311 e. The number of halogens is 2. The molecule has 0 amide bonds. The van der Waals surface area contributed by atoms with Gasteiger partial charge in [0.1, 0.15) is 5.82 Å². The van der Waals surface area contributed by atoms with Crippen molar-refractivity contribution in [2.24, 2.45) is 0 Å². The topological polar surface area (TPSA) is 52.4 Å². The summed E-state index contributed by atoms with van der Waals surface area (Å²) in [6.45, 7) is 1.44. The molecule has 1 aromatic rings. The van der Waals surface area contributed by atoms with Crippen molar-refractivity contribution in [1.29, 1.82) is 0 Å². The lowest BCUT2D eigenvalue weighted by Gasteiger charge is -2.04. The van der Waals surface area contributed by atoms with Crippen molar-refractivity contribution in [2.75, 3.05) is 6.07 Å². The van der Waals surface area contributed by atoms with E-state index in [9.17, 15) is 14.5 Å². The summed E-state index contributed by atoms with van der Waals surface area (Å²) in [5.74, 6) is -0.719. The quantitative estimate of drug-likeness (QED) is 0.446. The molecule has 0 atom stereocenters. The first-order chi connectivity index (χ1) is 6.56. The van der Waals surface area contributed by atoms with Gasteiger partial charge in [-0.25, -0.2) is 4.39 Å². The molecule has 4 nitrogen and oxygen atoms in total. The highest BCUT2D eigenvalue weighted by atomic mass is 35.5. The fraction of sp³-hybridized carbons (Fsp3) is 0.250. The van der Waals surface area contributed by atoms with Gasteiger partial charge < -0.3 is 4.74 Å². The number of nitro benzene ring substituents is 1. The predicted molar refractivity (Wildman–Crippen MR) is 49.1 cm³/mol. The molecule has 0 aromatic heterocycles. The largest absolute Gasteiger partial charge is 0.471 e. The molecule has 6 heteroatoms. The summed E-state index contributed by atoms with van der Waals surface area (Å²) in [4.78, 5) is 9.88. The molecule has 0 saturated carbocycles. The van der Waals surface area contributed by atoms with E-state index in [0.717, 1.165) is 12.1 Å². The summed E-state index contributed by atoms with van der Waals surface area (Å²) in [6, 6.07) is 1.80. The Bertz CT molecular complexity index is 370. The third-order valence-electron chi connectivity index (χ3n) is 1.65. The second-order valence-corrected chi connectivity index (χ2v) is 2.80. The zero-order chi connectivity index (χ0) is 10.7. The number of ether oxygens (including phenoxy) is 1. The van der Waals surface area contributed by atoms with Crippen LogP contribution in [0.4, 0.5) is 10.1 Å². The second kappa shape index (κ2) is 4.23. The van der Waals surface area contributed by atoms with Crippen molar-refractivity contribution < 1.29 is 14.1 Å². The number of benzene rings is 1. The predicted octanol–water partition coefficient (Wildman–Crippen LogP) is 2.62. The monoisotopic (exact) mass is 219 g/mol. The molecule has 0 aliphatic heterocycles. The van der Waals surface area contributed by atoms with Crippen molar-refractivity contribution in [1.82, 2.24) is 0 Å². The Morgan fingerprint density at radius 3 is 2.79 bits per heavy atom. The molecule has 1 aromatic carbocycles. The Morgan fingerprint density at radius 1 is 1.64 bits per heavy atom. The molecule has 0 heterocycles. The van der Waals surface area contributed by atoms with E-state index in [2.05, 4.69) is 0 Å². The molecule has 0 fully saturated rings. The van der Waals surface area contributed by atoms with E-state index in [1.165, 1.54) is 6.92 Å². The van der Waals surface area contributed by atoms with Gasteiger partial charge >= 0.3 is 5.69 Å². The number of hydrogen-bond donors (Lipinski definition) is 0. The van der Waals surface area contributed by atoms with Crippen LogP contribution in [0, 0.1) is 22.9 Å². The first-order valence-corrected chi connectivity index (χ1v) is 4.23. The van der Waals surface area contributed by atoms with Gasteiger partial charge in [-0.3, -0.25) is 10.1 Å². The minimum absolute atomic E-state index is 0.159. The smallest absolute Gasteiger partial charge is 0.311 e. The van der Waals surface area contributed by atoms with E-state index in [4.69, 9.17) is 16.3 Å². The van der Waals surface area contributed by atoms with Crippen LogP contribution < -0.4 is 4.74 Å². The molecule has 14 heavy (non-hydrogen) atoms. The van der Waals surface area contributed by atoms with Crippen LogP contribution in [0.15, 0.2) is 12.1 Å². The zero-order valence-corrected chi connectivity index (χ0v) is 8.05. The van der Waals surface area contributed by atoms with Crippen molar-refractivity contribution in [3.8, 4) is 5.75 Å². The Kier molecular flexibility index (Phi) is 3.24. The van der Waals surface area contributed by atoms with E-state index in [-0.39, 0.29) is 23.1 Å². The number of nitro groups is 1.